The predicted molar refractivity (Wildman–Crippen MR) is 125 cm³/mol. The molecule has 2 aromatic carbocycles. The molecule has 4 rings (SSSR count). The summed E-state index contributed by atoms with van der Waals surface area (Å²) in [5, 5.41) is 16.1. The number of rotatable bonds is 7. The number of carbonyl (C=O) groups excluding carboxylic acids is 2. The zero-order valence-electron chi connectivity index (χ0n) is 17.9. The highest BCUT2D eigenvalue weighted by molar-refractivity contribution is 7.13. The molecule has 0 bridgehead atoms. The molecule has 0 aliphatic carbocycles. The standard InChI is InChI=1S/C23H20N4O5S/c1-3-32-22(28)13-26-14(2)24-17-12-16(7-8-19(17)26)23(29)25-18-11-15(21-5-4-10-33-21)6-9-20(18)27(30)31/h4-12H,3,13H2,1-2H3,(H,25,29). The van der Waals surface area contributed by atoms with Crippen molar-refractivity contribution >= 4 is 45.6 Å². The van der Waals surface area contributed by atoms with E-state index in [0.29, 0.717) is 22.4 Å². The predicted octanol–water partition coefficient (Wildman–Crippen LogP) is 4.80. The van der Waals surface area contributed by atoms with E-state index in [2.05, 4.69) is 10.3 Å². The number of esters is 1. The molecule has 33 heavy (non-hydrogen) atoms. The van der Waals surface area contributed by atoms with Crippen LogP contribution in [0.2, 0.25) is 0 Å². The fourth-order valence-corrected chi connectivity index (χ4v) is 4.24. The van der Waals surface area contributed by atoms with Crippen molar-refractivity contribution in [2.24, 2.45) is 0 Å². The zero-order valence-corrected chi connectivity index (χ0v) is 18.7. The van der Waals surface area contributed by atoms with E-state index in [9.17, 15) is 19.7 Å². The highest BCUT2D eigenvalue weighted by atomic mass is 32.1. The molecule has 2 heterocycles. The van der Waals surface area contributed by atoms with Gasteiger partial charge < -0.3 is 14.6 Å². The van der Waals surface area contributed by atoms with Crippen molar-refractivity contribution in [3.8, 4) is 10.4 Å². The minimum Gasteiger partial charge on any atom is -0.465 e. The molecule has 0 aliphatic heterocycles. The van der Waals surface area contributed by atoms with Crippen molar-refractivity contribution in [2.75, 3.05) is 11.9 Å². The number of imidazole rings is 1. The van der Waals surface area contributed by atoms with Gasteiger partial charge >= 0.3 is 5.97 Å². The van der Waals surface area contributed by atoms with Crippen LogP contribution in [-0.2, 0) is 16.1 Å². The fourth-order valence-electron chi connectivity index (χ4n) is 3.51. The van der Waals surface area contributed by atoms with E-state index < -0.39 is 10.8 Å². The Labute approximate surface area is 192 Å². The number of aromatic nitrogens is 2. The van der Waals surface area contributed by atoms with E-state index in [1.54, 1.807) is 48.7 Å². The molecule has 0 saturated heterocycles. The number of nitro benzene ring substituents is 1. The van der Waals surface area contributed by atoms with Crippen molar-refractivity contribution in [2.45, 2.75) is 20.4 Å². The Hall–Kier alpha value is -4.05. The van der Waals surface area contributed by atoms with E-state index in [1.165, 1.54) is 17.4 Å². The molecule has 1 N–H and O–H groups in total. The van der Waals surface area contributed by atoms with Gasteiger partial charge in [-0.1, -0.05) is 6.07 Å². The second-order valence-corrected chi connectivity index (χ2v) is 8.12. The maximum atomic E-state index is 12.9. The van der Waals surface area contributed by atoms with Gasteiger partial charge in [0, 0.05) is 16.5 Å². The molecule has 1 amide bonds. The van der Waals surface area contributed by atoms with Gasteiger partial charge in [-0.2, -0.15) is 0 Å². The molecule has 0 spiro atoms. The average Bonchev–Trinajstić information content (AvgIpc) is 3.42. The first-order valence-corrected chi connectivity index (χ1v) is 11.0. The minimum absolute atomic E-state index is 0.0173. The van der Waals surface area contributed by atoms with E-state index in [0.717, 1.165) is 10.4 Å². The van der Waals surface area contributed by atoms with Gasteiger partial charge in [0.15, 0.2) is 0 Å². The number of nitrogens with one attached hydrogen (secondary N) is 1. The lowest BCUT2D eigenvalue weighted by atomic mass is 10.1. The number of nitrogens with zero attached hydrogens (tertiary/aromatic N) is 3. The first-order chi connectivity index (χ1) is 15.9. The molecule has 0 aliphatic rings. The van der Waals surface area contributed by atoms with Crippen LogP contribution >= 0.6 is 11.3 Å². The second kappa shape index (κ2) is 9.21. The summed E-state index contributed by atoms with van der Waals surface area (Å²) in [4.78, 5) is 41.2. The van der Waals surface area contributed by atoms with Crippen LogP contribution in [0.15, 0.2) is 53.9 Å². The van der Waals surface area contributed by atoms with Crippen LogP contribution in [0.3, 0.4) is 0 Å². The Morgan fingerprint density at radius 1 is 1.21 bits per heavy atom. The largest absolute Gasteiger partial charge is 0.465 e. The Morgan fingerprint density at radius 2 is 2.03 bits per heavy atom. The van der Waals surface area contributed by atoms with E-state index in [1.807, 2.05) is 17.5 Å². The molecule has 0 atom stereocenters. The van der Waals surface area contributed by atoms with E-state index >= 15 is 0 Å². The third-order valence-corrected chi connectivity index (χ3v) is 5.96. The summed E-state index contributed by atoms with van der Waals surface area (Å²) in [7, 11) is 0. The fraction of sp³-hybridized carbons (Fsp3) is 0.174. The molecule has 0 saturated carbocycles. The van der Waals surface area contributed by atoms with Gasteiger partial charge in [0.25, 0.3) is 11.6 Å². The monoisotopic (exact) mass is 464 g/mol. The Morgan fingerprint density at radius 3 is 2.73 bits per heavy atom. The normalized spacial score (nSPS) is 10.8. The summed E-state index contributed by atoms with van der Waals surface area (Å²) in [6.45, 7) is 3.80. The van der Waals surface area contributed by atoms with Crippen molar-refractivity contribution in [3.05, 3.63) is 75.4 Å². The number of fused-ring (bicyclic) bond motifs is 1. The molecular weight excluding hydrogens is 444 g/mol. The molecule has 0 unspecified atom stereocenters. The first-order valence-electron chi connectivity index (χ1n) is 10.1. The number of thiophene rings is 1. The summed E-state index contributed by atoms with van der Waals surface area (Å²) in [6.07, 6.45) is 0. The molecule has 9 nitrogen and oxygen atoms in total. The lowest BCUT2D eigenvalue weighted by molar-refractivity contribution is -0.383. The number of ether oxygens (including phenoxy) is 1. The van der Waals surface area contributed by atoms with E-state index in [-0.39, 0.29) is 30.5 Å². The lowest BCUT2D eigenvalue weighted by Crippen LogP contribution is -2.15. The SMILES string of the molecule is CCOC(=O)Cn1c(C)nc2cc(C(=O)Nc3cc(-c4cccs4)ccc3[N+](=O)[O-])ccc21. The van der Waals surface area contributed by atoms with Crippen LogP contribution in [0.4, 0.5) is 11.4 Å². The van der Waals surface area contributed by atoms with Gasteiger partial charge in [0.05, 0.1) is 22.6 Å². The highest BCUT2D eigenvalue weighted by Gasteiger charge is 2.19. The van der Waals surface area contributed by atoms with Gasteiger partial charge in [0.1, 0.15) is 18.1 Å². The van der Waals surface area contributed by atoms with Crippen LogP contribution in [0, 0.1) is 17.0 Å². The van der Waals surface area contributed by atoms with Crippen LogP contribution in [0.5, 0.6) is 0 Å². The van der Waals surface area contributed by atoms with Gasteiger partial charge in [-0.05, 0) is 61.2 Å². The quantitative estimate of drug-likeness (QED) is 0.239. The lowest BCUT2D eigenvalue weighted by Gasteiger charge is -2.09. The molecule has 0 fully saturated rings. The number of benzene rings is 2. The third kappa shape index (κ3) is 4.60. The first kappa shape index (κ1) is 22.2. The number of aryl methyl sites for hydroxylation is 1. The third-order valence-electron chi connectivity index (χ3n) is 5.04. The summed E-state index contributed by atoms with van der Waals surface area (Å²) >= 11 is 1.50. The molecule has 10 heteroatoms. The smallest absolute Gasteiger partial charge is 0.326 e. The number of hydrogen-bond donors (Lipinski definition) is 1. The average molecular weight is 465 g/mol. The number of carbonyl (C=O) groups is 2. The molecule has 0 radical (unpaired) electrons. The topological polar surface area (TPSA) is 116 Å². The second-order valence-electron chi connectivity index (χ2n) is 7.17. The number of amides is 1. The van der Waals surface area contributed by atoms with Crippen molar-refractivity contribution < 1.29 is 19.2 Å². The molecular formula is C23H20N4O5S. The summed E-state index contributed by atoms with van der Waals surface area (Å²) in [5.74, 6) is -0.268. The van der Waals surface area contributed by atoms with Crippen LogP contribution in [0.1, 0.15) is 23.1 Å². The molecule has 2 aromatic heterocycles. The van der Waals surface area contributed by atoms with E-state index in [4.69, 9.17) is 4.74 Å². The summed E-state index contributed by atoms with van der Waals surface area (Å²) in [5.41, 5.74) is 2.20. The van der Waals surface area contributed by atoms with Crippen molar-refractivity contribution in [1.29, 1.82) is 0 Å². The van der Waals surface area contributed by atoms with Gasteiger partial charge in [0.2, 0.25) is 0 Å². The van der Waals surface area contributed by atoms with Gasteiger partial charge in [-0.15, -0.1) is 11.3 Å². The number of hydrogen-bond acceptors (Lipinski definition) is 7. The molecule has 4 aromatic rings. The maximum absolute atomic E-state index is 12.9. The highest BCUT2D eigenvalue weighted by Crippen LogP contribution is 2.33. The minimum atomic E-state index is -0.530. The van der Waals surface area contributed by atoms with Gasteiger partial charge in [-0.3, -0.25) is 19.7 Å². The van der Waals surface area contributed by atoms with Crippen LogP contribution in [-0.4, -0.2) is 33.0 Å². The Balaban J connectivity index is 1.63. The maximum Gasteiger partial charge on any atom is 0.326 e. The van der Waals surface area contributed by atoms with Crippen LogP contribution in [0.25, 0.3) is 21.5 Å². The van der Waals surface area contributed by atoms with Crippen LogP contribution < -0.4 is 5.32 Å². The number of anilines is 1. The van der Waals surface area contributed by atoms with Crippen molar-refractivity contribution in [1.82, 2.24) is 9.55 Å². The Bertz CT molecular complexity index is 1360. The van der Waals surface area contributed by atoms with Gasteiger partial charge in [-0.25, -0.2) is 4.98 Å². The molecule has 168 valence electrons. The zero-order chi connectivity index (χ0) is 23.5. The summed E-state index contributed by atoms with van der Waals surface area (Å²) in [6, 6.07) is 13.3. The Kier molecular flexibility index (Phi) is 6.18. The van der Waals surface area contributed by atoms with Crippen molar-refractivity contribution in [3.63, 3.8) is 0 Å². The number of nitro groups is 1. The summed E-state index contributed by atoms with van der Waals surface area (Å²) < 4.78 is 6.72.